The molecule has 0 spiro atoms. The van der Waals surface area contributed by atoms with Gasteiger partial charge in [0.2, 0.25) is 0 Å². The Bertz CT molecular complexity index is 139. The summed E-state index contributed by atoms with van der Waals surface area (Å²) < 4.78 is 5.25. The van der Waals surface area contributed by atoms with Crippen LogP contribution in [0.25, 0.3) is 0 Å². The predicted octanol–water partition coefficient (Wildman–Crippen LogP) is 2.73. The van der Waals surface area contributed by atoms with Crippen molar-refractivity contribution in [3.63, 3.8) is 0 Å². The van der Waals surface area contributed by atoms with Crippen LogP contribution in [0.4, 0.5) is 0 Å². The zero-order valence-corrected chi connectivity index (χ0v) is 7.11. The van der Waals surface area contributed by atoms with Crippen molar-refractivity contribution in [3.8, 4) is 0 Å². The lowest BCUT2D eigenvalue weighted by atomic mass is 9.84. The molecule has 58 valence electrons. The standard InChI is InChI=1S/C9H16O/c1-9(2,3)8-5-4-6-10-7-8/h7H,4-6H2,1-3H3. The minimum atomic E-state index is 0.306. The highest BCUT2D eigenvalue weighted by Crippen LogP contribution is 2.30. The molecule has 1 rings (SSSR count). The van der Waals surface area contributed by atoms with E-state index in [0.29, 0.717) is 5.41 Å². The maximum absolute atomic E-state index is 5.25. The van der Waals surface area contributed by atoms with E-state index in [-0.39, 0.29) is 0 Å². The largest absolute Gasteiger partial charge is 0.501 e. The summed E-state index contributed by atoms with van der Waals surface area (Å²) in [5.41, 5.74) is 1.75. The lowest BCUT2D eigenvalue weighted by molar-refractivity contribution is 0.211. The maximum atomic E-state index is 5.25. The Morgan fingerprint density at radius 3 is 2.40 bits per heavy atom. The molecule has 0 N–H and O–H groups in total. The summed E-state index contributed by atoms with van der Waals surface area (Å²) >= 11 is 0. The second-order valence-electron chi connectivity index (χ2n) is 3.87. The maximum Gasteiger partial charge on any atom is 0.0876 e. The number of hydrogen-bond donors (Lipinski definition) is 0. The van der Waals surface area contributed by atoms with E-state index in [1.54, 1.807) is 0 Å². The number of allylic oxidation sites excluding steroid dienone is 1. The van der Waals surface area contributed by atoms with Crippen molar-refractivity contribution in [1.82, 2.24) is 0 Å². The molecule has 1 aliphatic heterocycles. The fourth-order valence-electron chi connectivity index (χ4n) is 1.12. The monoisotopic (exact) mass is 140 g/mol. The number of hydrogen-bond acceptors (Lipinski definition) is 1. The molecule has 0 unspecified atom stereocenters. The van der Waals surface area contributed by atoms with Gasteiger partial charge in [0.25, 0.3) is 0 Å². The van der Waals surface area contributed by atoms with Gasteiger partial charge in [0.1, 0.15) is 0 Å². The van der Waals surface area contributed by atoms with Crippen molar-refractivity contribution < 1.29 is 4.74 Å². The zero-order chi connectivity index (χ0) is 7.61. The van der Waals surface area contributed by atoms with Gasteiger partial charge in [-0.3, -0.25) is 0 Å². The lowest BCUT2D eigenvalue weighted by Crippen LogP contribution is -2.13. The van der Waals surface area contributed by atoms with Gasteiger partial charge in [-0.15, -0.1) is 0 Å². The van der Waals surface area contributed by atoms with Crippen LogP contribution in [0.3, 0.4) is 0 Å². The topological polar surface area (TPSA) is 9.23 Å². The van der Waals surface area contributed by atoms with Crippen molar-refractivity contribution in [3.05, 3.63) is 11.8 Å². The van der Waals surface area contributed by atoms with Gasteiger partial charge in [0.15, 0.2) is 0 Å². The molecule has 0 amide bonds. The fourth-order valence-corrected chi connectivity index (χ4v) is 1.12. The molecule has 0 atom stereocenters. The smallest absolute Gasteiger partial charge is 0.0876 e. The van der Waals surface area contributed by atoms with E-state index in [1.165, 1.54) is 18.4 Å². The molecule has 0 bridgehead atoms. The molecular weight excluding hydrogens is 124 g/mol. The summed E-state index contributed by atoms with van der Waals surface area (Å²) in [6.45, 7) is 7.59. The Balaban J connectivity index is 2.62. The van der Waals surface area contributed by atoms with E-state index < -0.39 is 0 Å². The average Bonchev–Trinajstić information content (AvgIpc) is 1.88. The third-order valence-corrected chi connectivity index (χ3v) is 1.90. The first kappa shape index (κ1) is 7.64. The van der Waals surface area contributed by atoms with E-state index >= 15 is 0 Å². The third-order valence-electron chi connectivity index (χ3n) is 1.90. The van der Waals surface area contributed by atoms with Crippen molar-refractivity contribution >= 4 is 0 Å². The average molecular weight is 140 g/mol. The van der Waals surface area contributed by atoms with Crippen LogP contribution in [-0.2, 0) is 4.74 Å². The van der Waals surface area contributed by atoms with Crippen molar-refractivity contribution in [2.75, 3.05) is 6.61 Å². The molecule has 0 radical (unpaired) electrons. The normalized spacial score (nSPS) is 19.7. The molecule has 0 fully saturated rings. The van der Waals surface area contributed by atoms with Crippen molar-refractivity contribution in [1.29, 1.82) is 0 Å². The van der Waals surface area contributed by atoms with Crippen LogP contribution in [0.2, 0.25) is 0 Å². The molecule has 1 heterocycles. The first-order valence-corrected chi connectivity index (χ1v) is 3.92. The Kier molecular flexibility index (Phi) is 2.02. The van der Waals surface area contributed by atoms with Gasteiger partial charge in [-0.1, -0.05) is 20.8 Å². The van der Waals surface area contributed by atoms with Gasteiger partial charge >= 0.3 is 0 Å². The first-order chi connectivity index (χ1) is 4.61. The van der Waals surface area contributed by atoms with Crippen molar-refractivity contribution in [2.24, 2.45) is 5.41 Å². The molecule has 0 saturated carbocycles. The molecular formula is C9H16O. The molecule has 1 heteroatoms. The van der Waals surface area contributed by atoms with Crippen LogP contribution < -0.4 is 0 Å². The van der Waals surface area contributed by atoms with E-state index in [1.807, 2.05) is 6.26 Å². The summed E-state index contributed by atoms with van der Waals surface area (Å²) in [5, 5.41) is 0. The SMILES string of the molecule is CC(C)(C)C1=COCCC1. The molecule has 0 aromatic rings. The highest BCUT2D eigenvalue weighted by Gasteiger charge is 2.18. The molecule has 0 saturated heterocycles. The van der Waals surface area contributed by atoms with E-state index in [9.17, 15) is 0 Å². The first-order valence-electron chi connectivity index (χ1n) is 3.92. The van der Waals surface area contributed by atoms with E-state index in [0.717, 1.165) is 6.61 Å². The summed E-state index contributed by atoms with van der Waals surface area (Å²) in [6.07, 6.45) is 4.33. The molecule has 0 aliphatic carbocycles. The van der Waals surface area contributed by atoms with E-state index in [4.69, 9.17) is 4.74 Å². The number of rotatable bonds is 0. The molecule has 0 aromatic heterocycles. The van der Waals surface area contributed by atoms with Gasteiger partial charge < -0.3 is 4.74 Å². The van der Waals surface area contributed by atoms with Gasteiger partial charge in [0.05, 0.1) is 12.9 Å². The second-order valence-corrected chi connectivity index (χ2v) is 3.87. The minimum Gasteiger partial charge on any atom is -0.501 e. The van der Waals surface area contributed by atoms with Crippen LogP contribution in [-0.4, -0.2) is 6.61 Å². The summed E-state index contributed by atoms with van der Waals surface area (Å²) in [7, 11) is 0. The fraction of sp³-hybridized carbons (Fsp3) is 0.778. The van der Waals surface area contributed by atoms with Gasteiger partial charge in [-0.25, -0.2) is 0 Å². The lowest BCUT2D eigenvalue weighted by Gasteiger charge is -2.25. The second kappa shape index (κ2) is 2.65. The number of ether oxygens (including phenoxy) is 1. The van der Waals surface area contributed by atoms with Gasteiger partial charge in [0, 0.05) is 0 Å². The Morgan fingerprint density at radius 1 is 1.40 bits per heavy atom. The van der Waals surface area contributed by atoms with Gasteiger partial charge in [-0.2, -0.15) is 0 Å². The van der Waals surface area contributed by atoms with Crippen LogP contribution >= 0.6 is 0 Å². The van der Waals surface area contributed by atoms with Crippen LogP contribution in [0.1, 0.15) is 33.6 Å². The van der Waals surface area contributed by atoms with E-state index in [2.05, 4.69) is 20.8 Å². The van der Waals surface area contributed by atoms with Crippen molar-refractivity contribution in [2.45, 2.75) is 33.6 Å². The molecule has 1 aliphatic rings. The minimum absolute atomic E-state index is 0.306. The quantitative estimate of drug-likeness (QED) is 0.502. The molecule has 1 nitrogen and oxygen atoms in total. The predicted molar refractivity (Wildman–Crippen MR) is 42.7 cm³/mol. The Morgan fingerprint density at radius 2 is 2.10 bits per heavy atom. The highest BCUT2D eigenvalue weighted by molar-refractivity contribution is 5.09. The molecule has 0 aromatic carbocycles. The Hall–Kier alpha value is -0.460. The highest BCUT2D eigenvalue weighted by atomic mass is 16.5. The van der Waals surface area contributed by atoms with Crippen LogP contribution in [0.15, 0.2) is 11.8 Å². The summed E-state index contributed by atoms with van der Waals surface area (Å²) in [5.74, 6) is 0. The van der Waals surface area contributed by atoms with Crippen LogP contribution in [0.5, 0.6) is 0 Å². The summed E-state index contributed by atoms with van der Waals surface area (Å²) in [4.78, 5) is 0. The third kappa shape index (κ3) is 1.76. The van der Waals surface area contributed by atoms with Gasteiger partial charge in [-0.05, 0) is 23.8 Å². The Labute approximate surface area is 63.1 Å². The molecule has 10 heavy (non-hydrogen) atoms. The zero-order valence-electron chi connectivity index (χ0n) is 7.11. The summed E-state index contributed by atoms with van der Waals surface area (Å²) in [6, 6.07) is 0. The van der Waals surface area contributed by atoms with Crippen LogP contribution in [0, 0.1) is 5.41 Å².